The van der Waals surface area contributed by atoms with Crippen molar-refractivity contribution in [2.75, 3.05) is 6.54 Å². The number of halogens is 1. The van der Waals surface area contributed by atoms with E-state index >= 15 is 0 Å². The van der Waals surface area contributed by atoms with E-state index in [0.717, 1.165) is 22.6 Å². The lowest BCUT2D eigenvalue weighted by Crippen LogP contribution is -2.34. The molecule has 4 nitrogen and oxygen atoms in total. The molecule has 3 aromatic carbocycles. The summed E-state index contributed by atoms with van der Waals surface area (Å²) in [4.78, 5) is 16.8. The van der Waals surface area contributed by atoms with Crippen LogP contribution < -0.4 is 0 Å². The Kier molecular flexibility index (Phi) is 6.82. The minimum Gasteiger partial charge on any atom is -0.333 e. The van der Waals surface area contributed by atoms with Crippen molar-refractivity contribution < 1.29 is 9.18 Å². The SMILES string of the molecule is O=C(c1cc(-c2cccs2)nn1-c1ccc(F)cc1)N(CCc1ccccc1)Cc1ccccc1. The molecule has 1 amide bonds. The summed E-state index contributed by atoms with van der Waals surface area (Å²) in [5, 5.41) is 6.72. The summed E-state index contributed by atoms with van der Waals surface area (Å²) >= 11 is 1.57. The highest BCUT2D eigenvalue weighted by Crippen LogP contribution is 2.27. The van der Waals surface area contributed by atoms with Gasteiger partial charge < -0.3 is 4.90 Å². The Morgan fingerprint density at radius 2 is 1.54 bits per heavy atom. The van der Waals surface area contributed by atoms with Gasteiger partial charge in [0.15, 0.2) is 0 Å². The molecular weight excluding hydrogens is 457 g/mol. The molecule has 0 fully saturated rings. The molecule has 2 aromatic heterocycles. The van der Waals surface area contributed by atoms with Crippen LogP contribution in [0.3, 0.4) is 0 Å². The van der Waals surface area contributed by atoms with Crippen LogP contribution in [0, 0.1) is 5.82 Å². The summed E-state index contributed by atoms with van der Waals surface area (Å²) in [6, 6.07) is 31.9. The zero-order valence-corrected chi connectivity index (χ0v) is 19.9. The lowest BCUT2D eigenvalue weighted by Gasteiger charge is -2.23. The Balaban J connectivity index is 1.52. The van der Waals surface area contributed by atoms with Gasteiger partial charge in [-0.1, -0.05) is 66.7 Å². The molecule has 0 unspecified atom stereocenters. The molecule has 0 aliphatic heterocycles. The second-order valence-corrected chi connectivity index (χ2v) is 9.18. The van der Waals surface area contributed by atoms with Gasteiger partial charge in [0, 0.05) is 13.1 Å². The zero-order chi connectivity index (χ0) is 24.0. The third-order valence-electron chi connectivity index (χ3n) is 5.79. The largest absolute Gasteiger partial charge is 0.333 e. The summed E-state index contributed by atoms with van der Waals surface area (Å²) in [5.41, 5.74) is 4.03. The third-order valence-corrected chi connectivity index (χ3v) is 6.68. The Morgan fingerprint density at radius 3 is 2.20 bits per heavy atom. The molecule has 2 heterocycles. The quantitative estimate of drug-likeness (QED) is 0.250. The van der Waals surface area contributed by atoms with Gasteiger partial charge in [0.1, 0.15) is 17.2 Å². The molecule has 0 aliphatic rings. The average Bonchev–Trinajstić information content (AvgIpc) is 3.58. The van der Waals surface area contributed by atoms with E-state index in [-0.39, 0.29) is 11.7 Å². The molecule has 5 aromatic rings. The highest BCUT2D eigenvalue weighted by molar-refractivity contribution is 7.13. The van der Waals surface area contributed by atoms with E-state index in [1.807, 2.05) is 77.0 Å². The summed E-state index contributed by atoms with van der Waals surface area (Å²) in [7, 11) is 0. The van der Waals surface area contributed by atoms with Crippen LogP contribution in [0.1, 0.15) is 21.6 Å². The van der Waals surface area contributed by atoms with Crippen LogP contribution in [0.2, 0.25) is 0 Å². The third kappa shape index (κ3) is 5.39. The number of benzene rings is 3. The van der Waals surface area contributed by atoms with Gasteiger partial charge in [-0.3, -0.25) is 4.79 Å². The van der Waals surface area contributed by atoms with E-state index in [0.29, 0.717) is 24.5 Å². The number of hydrogen-bond donors (Lipinski definition) is 0. The molecule has 0 N–H and O–H groups in total. The van der Waals surface area contributed by atoms with Gasteiger partial charge in [-0.25, -0.2) is 9.07 Å². The van der Waals surface area contributed by atoms with Crippen LogP contribution in [-0.2, 0) is 13.0 Å². The Bertz CT molecular complexity index is 1380. The van der Waals surface area contributed by atoms with Crippen molar-refractivity contribution in [3.8, 4) is 16.3 Å². The number of thiophene rings is 1. The van der Waals surface area contributed by atoms with Crippen molar-refractivity contribution in [1.29, 1.82) is 0 Å². The lowest BCUT2D eigenvalue weighted by molar-refractivity contribution is 0.0736. The van der Waals surface area contributed by atoms with Gasteiger partial charge in [0.05, 0.1) is 10.6 Å². The molecule has 0 atom stereocenters. The summed E-state index contributed by atoms with van der Waals surface area (Å²) in [5.74, 6) is -0.453. The van der Waals surface area contributed by atoms with E-state index in [4.69, 9.17) is 5.10 Å². The second-order valence-electron chi connectivity index (χ2n) is 8.23. The topological polar surface area (TPSA) is 38.1 Å². The van der Waals surface area contributed by atoms with E-state index in [2.05, 4.69) is 12.1 Å². The fourth-order valence-electron chi connectivity index (χ4n) is 3.98. The van der Waals surface area contributed by atoms with Crippen molar-refractivity contribution in [2.24, 2.45) is 0 Å². The van der Waals surface area contributed by atoms with Gasteiger partial charge in [0.25, 0.3) is 5.91 Å². The maximum Gasteiger partial charge on any atom is 0.272 e. The van der Waals surface area contributed by atoms with E-state index in [9.17, 15) is 9.18 Å². The van der Waals surface area contributed by atoms with Gasteiger partial charge >= 0.3 is 0 Å². The van der Waals surface area contributed by atoms with Crippen molar-refractivity contribution in [2.45, 2.75) is 13.0 Å². The van der Waals surface area contributed by atoms with E-state index in [1.54, 1.807) is 28.2 Å². The van der Waals surface area contributed by atoms with Gasteiger partial charge in [-0.05, 0) is 59.3 Å². The highest BCUT2D eigenvalue weighted by atomic mass is 32.1. The van der Waals surface area contributed by atoms with Gasteiger partial charge in [-0.2, -0.15) is 5.10 Å². The molecule has 0 saturated carbocycles. The first-order valence-corrected chi connectivity index (χ1v) is 12.3. The average molecular weight is 482 g/mol. The van der Waals surface area contributed by atoms with E-state index in [1.165, 1.54) is 17.7 Å². The molecule has 35 heavy (non-hydrogen) atoms. The standard InChI is InChI=1S/C29H24FN3OS/c30-24-13-15-25(16-14-24)33-27(20-26(31-33)28-12-7-19-35-28)29(34)32(21-23-10-5-2-6-11-23)18-17-22-8-3-1-4-9-22/h1-16,19-20H,17-18,21H2. The lowest BCUT2D eigenvalue weighted by atomic mass is 10.1. The monoisotopic (exact) mass is 481 g/mol. The highest BCUT2D eigenvalue weighted by Gasteiger charge is 2.23. The molecule has 174 valence electrons. The number of nitrogens with zero attached hydrogens (tertiary/aromatic N) is 3. The van der Waals surface area contributed by atoms with Crippen molar-refractivity contribution in [3.05, 3.63) is 131 Å². The predicted octanol–water partition coefficient (Wildman–Crippen LogP) is 6.63. The van der Waals surface area contributed by atoms with Crippen LogP contribution in [0.4, 0.5) is 4.39 Å². The number of hydrogen-bond acceptors (Lipinski definition) is 3. The summed E-state index contributed by atoms with van der Waals surface area (Å²) in [6.07, 6.45) is 0.738. The van der Waals surface area contributed by atoms with Crippen molar-refractivity contribution in [3.63, 3.8) is 0 Å². The fourth-order valence-corrected chi connectivity index (χ4v) is 4.67. The van der Waals surface area contributed by atoms with Gasteiger partial charge in [-0.15, -0.1) is 11.3 Å². The maximum atomic E-state index is 14.0. The predicted molar refractivity (Wildman–Crippen MR) is 138 cm³/mol. The number of amides is 1. The maximum absolute atomic E-state index is 14.0. The second kappa shape index (κ2) is 10.5. The fraction of sp³-hybridized carbons (Fsp3) is 0.103. The molecule has 5 rings (SSSR count). The number of carbonyl (C=O) groups is 1. The smallest absolute Gasteiger partial charge is 0.272 e. The van der Waals surface area contributed by atoms with Crippen LogP contribution in [-0.4, -0.2) is 27.1 Å². The normalized spacial score (nSPS) is 10.9. The number of carbonyl (C=O) groups excluding carboxylic acids is 1. The van der Waals surface area contributed by atoms with Gasteiger partial charge in [0.2, 0.25) is 0 Å². The Hall–Kier alpha value is -4.03. The van der Waals surface area contributed by atoms with E-state index < -0.39 is 0 Å². The molecular formula is C29H24FN3OS. The van der Waals surface area contributed by atoms with Crippen LogP contribution in [0.25, 0.3) is 16.3 Å². The first kappa shape index (κ1) is 22.7. The summed E-state index contributed by atoms with van der Waals surface area (Å²) < 4.78 is 15.2. The molecule has 6 heteroatoms. The molecule has 0 aliphatic carbocycles. The molecule has 0 spiro atoms. The van der Waals surface area contributed by atoms with Crippen LogP contribution in [0.15, 0.2) is 109 Å². The van der Waals surface area contributed by atoms with Crippen molar-refractivity contribution in [1.82, 2.24) is 14.7 Å². The minimum atomic E-state index is -0.333. The number of rotatable bonds is 8. The van der Waals surface area contributed by atoms with Crippen LogP contribution >= 0.6 is 11.3 Å². The molecule has 0 radical (unpaired) electrons. The zero-order valence-electron chi connectivity index (χ0n) is 19.0. The first-order valence-electron chi connectivity index (χ1n) is 11.4. The first-order chi connectivity index (χ1) is 17.2. The Morgan fingerprint density at radius 1 is 0.857 bits per heavy atom. The number of aromatic nitrogens is 2. The summed E-state index contributed by atoms with van der Waals surface area (Å²) in [6.45, 7) is 1.04. The Labute approximate surface area is 207 Å². The molecule has 0 bridgehead atoms. The molecule has 0 saturated heterocycles. The van der Waals surface area contributed by atoms with Crippen LogP contribution in [0.5, 0.6) is 0 Å². The minimum absolute atomic E-state index is 0.121. The van der Waals surface area contributed by atoms with Crippen molar-refractivity contribution >= 4 is 17.2 Å².